The van der Waals surface area contributed by atoms with E-state index in [9.17, 15) is 13.2 Å². The van der Waals surface area contributed by atoms with Crippen molar-refractivity contribution in [1.29, 1.82) is 0 Å². The molecule has 0 aliphatic rings. The Morgan fingerprint density at radius 1 is 1.24 bits per heavy atom. The van der Waals surface area contributed by atoms with Crippen LogP contribution in [0.3, 0.4) is 0 Å². The summed E-state index contributed by atoms with van der Waals surface area (Å²) < 4.78 is 36.7. The summed E-state index contributed by atoms with van der Waals surface area (Å²) in [5.41, 5.74) is 2.59. The van der Waals surface area contributed by atoms with E-state index in [0.29, 0.717) is 11.1 Å². The van der Waals surface area contributed by atoms with E-state index in [2.05, 4.69) is 9.82 Å². The zero-order valence-electron chi connectivity index (χ0n) is 16.1. The molecule has 0 saturated carbocycles. The molecule has 1 N–H and O–H groups in total. The predicted molar refractivity (Wildman–Crippen MR) is 111 cm³/mol. The highest BCUT2D eigenvalue weighted by atomic mass is 32.2. The van der Waals surface area contributed by atoms with Gasteiger partial charge in [0, 0.05) is 24.2 Å². The summed E-state index contributed by atoms with van der Waals surface area (Å²) in [7, 11) is -2.27. The monoisotopic (exact) mass is 432 g/mol. The Kier molecular flexibility index (Phi) is 4.93. The van der Waals surface area contributed by atoms with Crippen LogP contribution in [0.5, 0.6) is 0 Å². The minimum Gasteiger partial charge on any atom is -0.408 e. The Bertz CT molecular complexity index is 1330. The summed E-state index contributed by atoms with van der Waals surface area (Å²) in [5, 5.41) is 6.49. The average Bonchev–Trinajstić information content (AvgIpc) is 3.37. The number of benzene rings is 1. The molecule has 0 saturated heterocycles. The normalized spacial score (nSPS) is 13.2. The number of fused-ring (bicyclic) bond motifs is 1. The number of sulfonamides is 1. The third-order valence-electron chi connectivity index (χ3n) is 4.75. The highest BCUT2D eigenvalue weighted by Gasteiger charge is 2.23. The fraction of sp³-hybridized carbons (Fsp3) is 0.263. The van der Waals surface area contributed by atoms with Crippen LogP contribution in [-0.4, -0.2) is 29.3 Å². The van der Waals surface area contributed by atoms with Gasteiger partial charge in [-0.25, -0.2) is 17.9 Å². The van der Waals surface area contributed by atoms with Gasteiger partial charge < -0.3 is 4.42 Å². The molecule has 152 valence electrons. The fourth-order valence-electron chi connectivity index (χ4n) is 3.30. The van der Waals surface area contributed by atoms with Crippen LogP contribution in [0.15, 0.2) is 55.9 Å². The number of aromatic nitrogens is 3. The van der Waals surface area contributed by atoms with E-state index in [1.807, 2.05) is 42.1 Å². The Labute approximate surface area is 171 Å². The minimum atomic E-state index is -3.80. The lowest BCUT2D eigenvalue weighted by atomic mass is 10.2. The van der Waals surface area contributed by atoms with E-state index in [1.54, 1.807) is 11.3 Å². The van der Waals surface area contributed by atoms with E-state index in [-0.39, 0.29) is 17.5 Å². The smallest absolute Gasteiger partial charge is 0.408 e. The molecule has 0 fully saturated rings. The highest BCUT2D eigenvalue weighted by Crippen LogP contribution is 2.25. The standard InChI is InChI=1S/C19H20N4O4S2/c1-12-9-13(2)23(21-12)16(18-5-4-8-28-18)11-20-29(25,26)14-6-7-17-15(10-14)22(3)19(24)27-17/h4-10,16,20H,11H2,1-3H3. The fourth-order valence-corrected chi connectivity index (χ4v) is 5.17. The van der Waals surface area contributed by atoms with E-state index in [1.165, 1.54) is 29.8 Å². The molecule has 8 nitrogen and oxygen atoms in total. The van der Waals surface area contributed by atoms with Crippen molar-refractivity contribution in [3.8, 4) is 0 Å². The van der Waals surface area contributed by atoms with Gasteiger partial charge in [-0.1, -0.05) is 6.07 Å². The van der Waals surface area contributed by atoms with Gasteiger partial charge in [0.1, 0.15) is 0 Å². The van der Waals surface area contributed by atoms with Crippen LogP contribution in [0.2, 0.25) is 0 Å². The number of nitrogens with one attached hydrogen (secondary N) is 1. The topological polar surface area (TPSA) is 99.1 Å². The van der Waals surface area contributed by atoms with E-state index >= 15 is 0 Å². The highest BCUT2D eigenvalue weighted by molar-refractivity contribution is 7.89. The molecule has 0 bridgehead atoms. The molecule has 4 aromatic rings. The van der Waals surface area contributed by atoms with Crippen molar-refractivity contribution in [2.24, 2.45) is 7.05 Å². The molecule has 0 amide bonds. The van der Waals surface area contributed by atoms with Gasteiger partial charge >= 0.3 is 5.76 Å². The maximum Gasteiger partial charge on any atom is 0.419 e. The lowest BCUT2D eigenvalue weighted by Gasteiger charge is -2.19. The van der Waals surface area contributed by atoms with Gasteiger partial charge in [-0.2, -0.15) is 5.10 Å². The SMILES string of the molecule is Cc1cc(C)n(C(CNS(=O)(=O)c2ccc3oc(=O)n(C)c3c2)c2cccs2)n1. The van der Waals surface area contributed by atoms with Crippen molar-refractivity contribution in [3.63, 3.8) is 0 Å². The first-order valence-corrected chi connectivity index (χ1v) is 11.3. The first kappa shape index (κ1) is 19.6. The quantitative estimate of drug-likeness (QED) is 0.505. The predicted octanol–water partition coefficient (Wildman–Crippen LogP) is 2.57. The van der Waals surface area contributed by atoms with Crippen LogP contribution in [0.1, 0.15) is 22.3 Å². The van der Waals surface area contributed by atoms with Gasteiger partial charge in [0.15, 0.2) is 5.58 Å². The molecular formula is C19H20N4O4S2. The van der Waals surface area contributed by atoms with Gasteiger partial charge in [-0.05, 0) is 49.6 Å². The first-order valence-electron chi connectivity index (χ1n) is 8.91. The molecule has 29 heavy (non-hydrogen) atoms. The lowest BCUT2D eigenvalue weighted by Crippen LogP contribution is -2.32. The van der Waals surface area contributed by atoms with Crippen LogP contribution in [-0.2, 0) is 17.1 Å². The average molecular weight is 433 g/mol. The van der Waals surface area contributed by atoms with E-state index in [4.69, 9.17) is 4.42 Å². The zero-order valence-corrected chi connectivity index (χ0v) is 17.8. The summed E-state index contributed by atoms with van der Waals surface area (Å²) in [5.74, 6) is -0.537. The molecule has 3 heterocycles. The summed E-state index contributed by atoms with van der Waals surface area (Å²) in [6.45, 7) is 4.00. The van der Waals surface area contributed by atoms with Crippen molar-refractivity contribution < 1.29 is 12.8 Å². The largest absolute Gasteiger partial charge is 0.419 e. The zero-order chi connectivity index (χ0) is 20.8. The van der Waals surface area contributed by atoms with Crippen LogP contribution >= 0.6 is 11.3 Å². The third-order valence-corrected chi connectivity index (χ3v) is 7.15. The maximum atomic E-state index is 12.9. The Morgan fingerprint density at radius 2 is 2.03 bits per heavy atom. The summed E-state index contributed by atoms with van der Waals surface area (Å²) in [6.07, 6.45) is 0. The van der Waals surface area contributed by atoms with Gasteiger partial charge in [-0.15, -0.1) is 11.3 Å². The molecule has 1 aromatic carbocycles. The molecular weight excluding hydrogens is 412 g/mol. The minimum absolute atomic E-state index is 0.0692. The molecule has 0 radical (unpaired) electrons. The molecule has 4 rings (SSSR count). The molecule has 0 aliphatic carbocycles. The van der Waals surface area contributed by atoms with Crippen molar-refractivity contribution in [3.05, 3.63) is 68.6 Å². The van der Waals surface area contributed by atoms with Gasteiger partial charge in [-0.3, -0.25) is 9.25 Å². The van der Waals surface area contributed by atoms with E-state index < -0.39 is 15.8 Å². The van der Waals surface area contributed by atoms with Crippen LogP contribution < -0.4 is 10.5 Å². The second-order valence-electron chi connectivity index (χ2n) is 6.81. The van der Waals surface area contributed by atoms with Crippen molar-refractivity contribution in [1.82, 2.24) is 19.1 Å². The van der Waals surface area contributed by atoms with Crippen molar-refractivity contribution in [2.75, 3.05) is 6.54 Å². The van der Waals surface area contributed by atoms with Crippen molar-refractivity contribution >= 4 is 32.5 Å². The second-order valence-corrected chi connectivity index (χ2v) is 9.56. The molecule has 1 atom stereocenters. The van der Waals surface area contributed by atoms with Gasteiger partial charge in [0.25, 0.3) is 0 Å². The molecule has 3 aromatic heterocycles. The Morgan fingerprint density at radius 3 is 2.69 bits per heavy atom. The molecule has 10 heteroatoms. The second kappa shape index (κ2) is 7.29. The number of hydrogen-bond donors (Lipinski definition) is 1. The van der Waals surface area contributed by atoms with E-state index in [0.717, 1.165) is 16.3 Å². The van der Waals surface area contributed by atoms with Crippen LogP contribution in [0, 0.1) is 13.8 Å². The number of nitrogens with zero attached hydrogens (tertiary/aromatic N) is 3. The summed E-state index contributed by atoms with van der Waals surface area (Å²) >= 11 is 1.55. The number of hydrogen-bond acceptors (Lipinski definition) is 6. The lowest BCUT2D eigenvalue weighted by molar-refractivity contribution is 0.499. The number of aryl methyl sites for hydroxylation is 3. The van der Waals surface area contributed by atoms with Gasteiger partial charge in [0.2, 0.25) is 10.0 Å². The maximum absolute atomic E-state index is 12.9. The summed E-state index contributed by atoms with van der Waals surface area (Å²) in [6, 6.07) is 9.95. The first-order chi connectivity index (χ1) is 13.8. The molecule has 0 aliphatic heterocycles. The number of oxazole rings is 1. The number of thiophene rings is 1. The molecule has 0 spiro atoms. The van der Waals surface area contributed by atoms with Gasteiger partial charge in [0.05, 0.1) is 22.1 Å². The Hall–Kier alpha value is -2.69. The van der Waals surface area contributed by atoms with Crippen LogP contribution in [0.4, 0.5) is 0 Å². The van der Waals surface area contributed by atoms with Crippen molar-refractivity contribution in [2.45, 2.75) is 24.8 Å². The number of rotatable bonds is 6. The third kappa shape index (κ3) is 3.66. The summed E-state index contributed by atoms with van der Waals surface area (Å²) in [4.78, 5) is 12.7. The van der Waals surface area contributed by atoms with Crippen LogP contribution in [0.25, 0.3) is 11.1 Å². The molecule has 1 unspecified atom stereocenters. The Balaban J connectivity index is 1.65.